The minimum absolute atomic E-state index is 0.0703. The van der Waals surface area contributed by atoms with Crippen molar-refractivity contribution < 1.29 is 22.8 Å². The molecule has 10 heteroatoms. The normalized spacial score (nSPS) is 20.0. The van der Waals surface area contributed by atoms with Gasteiger partial charge in [0.25, 0.3) is 0 Å². The number of hydrogen-bond donors (Lipinski definition) is 2. The largest absolute Gasteiger partial charge is 0.336 e. The Kier molecular flexibility index (Phi) is 6.24. The van der Waals surface area contributed by atoms with Gasteiger partial charge in [-0.1, -0.05) is 0 Å². The van der Waals surface area contributed by atoms with Crippen molar-refractivity contribution in [3.05, 3.63) is 65.0 Å². The summed E-state index contributed by atoms with van der Waals surface area (Å²) in [5.74, 6) is -3.56. The van der Waals surface area contributed by atoms with E-state index in [9.17, 15) is 22.8 Å². The molecular formula is C23H22F3N5O2. The maximum atomic E-state index is 13.8. The molecular weight excluding hydrogens is 435 g/mol. The molecule has 0 aliphatic carbocycles. The monoisotopic (exact) mass is 457 g/mol. The maximum absolute atomic E-state index is 13.8. The van der Waals surface area contributed by atoms with E-state index in [0.717, 1.165) is 6.07 Å². The van der Waals surface area contributed by atoms with Crippen LogP contribution >= 0.6 is 0 Å². The first kappa shape index (κ1) is 22.6. The van der Waals surface area contributed by atoms with E-state index in [4.69, 9.17) is 11.0 Å². The van der Waals surface area contributed by atoms with Crippen LogP contribution in [0.2, 0.25) is 0 Å². The van der Waals surface area contributed by atoms with Gasteiger partial charge in [-0.25, -0.2) is 18.0 Å². The van der Waals surface area contributed by atoms with Gasteiger partial charge in [0.2, 0.25) is 5.91 Å². The molecule has 0 radical (unpaired) electrons. The third-order valence-electron chi connectivity index (χ3n) is 6.10. The first-order valence-electron chi connectivity index (χ1n) is 10.5. The fraction of sp³-hybridized carbons (Fsp3) is 0.348. The summed E-state index contributed by atoms with van der Waals surface area (Å²) in [4.78, 5) is 28.7. The molecule has 2 aliphatic heterocycles. The van der Waals surface area contributed by atoms with Gasteiger partial charge in [-0.3, -0.25) is 4.79 Å². The Morgan fingerprint density at radius 2 is 1.70 bits per heavy atom. The van der Waals surface area contributed by atoms with Gasteiger partial charge in [0, 0.05) is 37.3 Å². The van der Waals surface area contributed by atoms with Gasteiger partial charge in [-0.05, 0) is 48.7 Å². The van der Waals surface area contributed by atoms with Crippen LogP contribution < -0.4 is 11.1 Å². The van der Waals surface area contributed by atoms with Crippen LogP contribution in [-0.4, -0.2) is 53.0 Å². The maximum Gasteiger partial charge on any atom is 0.322 e. The van der Waals surface area contributed by atoms with Crippen molar-refractivity contribution in [2.75, 3.05) is 18.4 Å². The van der Waals surface area contributed by atoms with Crippen LogP contribution in [0.25, 0.3) is 0 Å². The molecule has 2 aromatic carbocycles. The van der Waals surface area contributed by atoms with Gasteiger partial charge in [-0.2, -0.15) is 5.26 Å². The van der Waals surface area contributed by atoms with Crippen LogP contribution in [0.15, 0.2) is 36.4 Å². The first-order valence-corrected chi connectivity index (χ1v) is 10.5. The number of hydrogen-bond acceptors (Lipinski definition) is 4. The molecule has 2 fully saturated rings. The number of benzene rings is 2. The van der Waals surface area contributed by atoms with Crippen LogP contribution in [-0.2, 0) is 11.2 Å². The predicted octanol–water partition coefficient (Wildman–Crippen LogP) is 2.75. The van der Waals surface area contributed by atoms with E-state index in [0.29, 0.717) is 36.8 Å². The molecule has 33 heavy (non-hydrogen) atoms. The minimum Gasteiger partial charge on any atom is -0.336 e. The van der Waals surface area contributed by atoms with Crippen LogP contribution in [0, 0.1) is 28.8 Å². The van der Waals surface area contributed by atoms with E-state index in [1.807, 2.05) is 6.07 Å². The molecule has 3 N–H and O–H groups in total. The topological polar surface area (TPSA) is 102 Å². The lowest BCUT2D eigenvalue weighted by atomic mass is 10.0. The third kappa shape index (κ3) is 4.78. The van der Waals surface area contributed by atoms with Crippen molar-refractivity contribution in [1.82, 2.24) is 9.80 Å². The summed E-state index contributed by atoms with van der Waals surface area (Å²) in [6.45, 7) is 0.752. The Labute approximate surface area is 188 Å². The van der Waals surface area contributed by atoms with Gasteiger partial charge in [0.1, 0.15) is 5.82 Å². The molecule has 2 heterocycles. The molecule has 3 amide bonds. The second-order valence-corrected chi connectivity index (χ2v) is 8.39. The number of amides is 3. The fourth-order valence-corrected chi connectivity index (χ4v) is 4.46. The Morgan fingerprint density at radius 3 is 2.33 bits per heavy atom. The molecule has 2 saturated heterocycles. The summed E-state index contributed by atoms with van der Waals surface area (Å²) in [6, 6.07) is 8.47. The molecule has 4 rings (SSSR count). The molecule has 0 aromatic heterocycles. The summed E-state index contributed by atoms with van der Waals surface area (Å²) >= 11 is 0. The highest BCUT2D eigenvalue weighted by molar-refractivity contribution is 5.90. The van der Waals surface area contributed by atoms with Crippen molar-refractivity contribution >= 4 is 17.6 Å². The van der Waals surface area contributed by atoms with Gasteiger partial charge in [-0.15, -0.1) is 0 Å². The third-order valence-corrected chi connectivity index (χ3v) is 6.10. The average molecular weight is 457 g/mol. The molecule has 2 aliphatic rings. The number of halogens is 3. The number of fused-ring (bicyclic) bond motifs is 2. The SMILES string of the molecule is N#Cc1ccc(NC(=O)N2CC3CC2CN3C(=O)CC(N)Cc2cc(F)c(F)cc2F)cc1. The van der Waals surface area contributed by atoms with Gasteiger partial charge < -0.3 is 20.9 Å². The van der Waals surface area contributed by atoms with Crippen molar-refractivity contribution in [3.63, 3.8) is 0 Å². The zero-order valence-corrected chi connectivity index (χ0v) is 17.6. The number of carbonyl (C=O) groups is 2. The predicted molar refractivity (Wildman–Crippen MR) is 113 cm³/mol. The smallest absolute Gasteiger partial charge is 0.322 e. The van der Waals surface area contributed by atoms with Gasteiger partial charge in [0.15, 0.2) is 11.6 Å². The lowest BCUT2D eigenvalue weighted by Gasteiger charge is -2.34. The standard InChI is InChI=1S/C23H22F3N5O2/c24-19-9-21(26)20(25)6-14(19)5-15(28)7-22(32)30-11-18-8-17(30)12-31(18)23(33)29-16-3-1-13(10-27)2-4-16/h1-4,6,9,15,17-18H,5,7-8,11-12,28H2,(H,29,33). The van der Waals surface area contributed by atoms with Gasteiger partial charge in [0.05, 0.1) is 23.7 Å². The van der Waals surface area contributed by atoms with E-state index >= 15 is 0 Å². The molecule has 7 nitrogen and oxygen atoms in total. The van der Waals surface area contributed by atoms with Crippen LogP contribution in [0.4, 0.5) is 23.7 Å². The lowest BCUT2D eigenvalue weighted by Crippen LogP contribution is -2.52. The number of urea groups is 1. The second kappa shape index (κ2) is 9.11. The summed E-state index contributed by atoms with van der Waals surface area (Å²) in [7, 11) is 0. The zero-order chi connectivity index (χ0) is 23.7. The Balaban J connectivity index is 1.30. The second-order valence-electron chi connectivity index (χ2n) is 8.39. The number of nitriles is 1. The minimum atomic E-state index is -1.28. The highest BCUT2D eigenvalue weighted by Gasteiger charge is 2.47. The number of nitrogens with zero attached hydrogens (tertiary/aromatic N) is 3. The lowest BCUT2D eigenvalue weighted by molar-refractivity contribution is -0.133. The molecule has 0 spiro atoms. The summed E-state index contributed by atoms with van der Waals surface area (Å²) in [6.07, 6.45) is 0.481. The fourth-order valence-electron chi connectivity index (χ4n) is 4.46. The quantitative estimate of drug-likeness (QED) is 0.674. The highest BCUT2D eigenvalue weighted by Crippen LogP contribution is 2.32. The summed E-state index contributed by atoms with van der Waals surface area (Å²) in [5, 5.41) is 11.7. The van der Waals surface area contributed by atoms with Crippen molar-refractivity contribution in [2.24, 2.45) is 5.73 Å². The average Bonchev–Trinajstić information content (AvgIpc) is 3.39. The molecule has 3 unspecified atom stereocenters. The van der Waals surface area contributed by atoms with Crippen molar-refractivity contribution in [2.45, 2.75) is 37.4 Å². The van der Waals surface area contributed by atoms with E-state index in [2.05, 4.69) is 5.32 Å². The van der Waals surface area contributed by atoms with E-state index in [1.54, 1.807) is 34.1 Å². The van der Waals surface area contributed by atoms with Gasteiger partial charge >= 0.3 is 6.03 Å². The Morgan fingerprint density at radius 1 is 1.06 bits per heavy atom. The highest BCUT2D eigenvalue weighted by atomic mass is 19.2. The van der Waals surface area contributed by atoms with E-state index < -0.39 is 23.5 Å². The Hall–Kier alpha value is -3.58. The first-order chi connectivity index (χ1) is 15.7. The Bertz CT molecular complexity index is 1120. The number of likely N-dealkylation sites (tertiary alicyclic amines) is 2. The molecule has 0 saturated carbocycles. The molecule has 3 atom stereocenters. The summed E-state index contributed by atoms with van der Waals surface area (Å²) < 4.78 is 40.3. The van der Waals surface area contributed by atoms with E-state index in [-0.39, 0.29) is 42.4 Å². The van der Waals surface area contributed by atoms with Crippen LogP contribution in [0.5, 0.6) is 0 Å². The summed E-state index contributed by atoms with van der Waals surface area (Å²) in [5.41, 5.74) is 6.97. The van der Waals surface area contributed by atoms with Crippen LogP contribution in [0.1, 0.15) is 24.0 Å². The number of nitrogens with two attached hydrogens (primary N) is 1. The number of anilines is 1. The number of nitrogens with one attached hydrogen (secondary N) is 1. The van der Waals surface area contributed by atoms with Crippen molar-refractivity contribution in [3.8, 4) is 6.07 Å². The molecule has 172 valence electrons. The zero-order valence-electron chi connectivity index (χ0n) is 17.6. The van der Waals surface area contributed by atoms with E-state index in [1.165, 1.54) is 0 Å². The number of piperazine rings is 1. The molecule has 2 bridgehead atoms. The number of rotatable bonds is 5. The van der Waals surface area contributed by atoms with Crippen LogP contribution in [0.3, 0.4) is 0 Å². The molecule has 2 aromatic rings. The number of carbonyl (C=O) groups excluding carboxylic acids is 2. The van der Waals surface area contributed by atoms with Crippen molar-refractivity contribution in [1.29, 1.82) is 5.26 Å².